The highest BCUT2D eigenvalue weighted by molar-refractivity contribution is 7.70. The molecule has 0 aliphatic rings. The van der Waals surface area contributed by atoms with Gasteiger partial charge in [-0.3, -0.25) is 4.98 Å². The Labute approximate surface area is 140 Å². The first-order valence-electron chi connectivity index (χ1n) is 7.18. The third kappa shape index (κ3) is 3.37. The van der Waals surface area contributed by atoms with Crippen LogP contribution in [0.4, 0.5) is 4.39 Å². The first kappa shape index (κ1) is 16.4. The summed E-state index contributed by atoms with van der Waals surface area (Å²) >= 11 is 0. The summed E-state index contributed by atoms with van der Waals surface area (Å²) in [4.78, 5) is 4.11. The van der Waals surface area contributed by atoms with Gasteiger partial charge in [0.25, 0.3) is 0 Å². The molecule has 0 aliphatic heterocycles. The largest absolute Gasteiger partial charge is 0.497 e. The van der Waals surface area contributed by atoms with Gasteiger partial charge in [-0.25, -0.2) is 17.5 Å². The third-order valence-electron chi connectivity index (χ3n) is 3.68. The summed E-state index contributed by atoms with van der Waals surface area (Å²) in [6.07, 6.45) is 1.19. The number of thiol groups is 1. The normalized spacial score (nSPS) is 11.1. The zero-order valence-corrected chi connectivity index (χ0v) is 13.7. The second-order valence-corrected chi connectivity index (χ2v) is 5.98. The predicted molar refractivity (Wildman–Crippen MR) is 90.8 cm³/mol. The van der Waals surface area contributed by atoms with Crippen LogP contribution < -0.4 is 9.46 Å². The molecule has 0 spiro atoms. The van der Waals surface area contributed by atoms with Crippen LogP contribution >= 0.6 is 0 Å². The quantitative estimate of drug-likeness (QED) is 0.697. The first-order chi connectivity index (χ1) is 11.6. The van der Waals surface area contributed by atoms with Crippen LogP contribution in [0, 0.1) is 5.82 Å². The minimum Gasteiger partial charge on any atom is -0.497 e. The molecule has 1 N–H and O–H groups in total. The van der Waals surface area contributed by atoms with Gasteiger partial charge in [-0.2, -0.15) is 0 Å². The lowest BCUT2D eigenvalue weighted by Gasteiger charge is -2.10. The van der Waals surface area contributed by atoms with E-state index in [4.69, 9.17) is 4.74 Å². The van der Waals surface area contributed by atoms with E-state index in [1.54, 1.807) is 49.6 Å². The minimum absolute atomic E-state index is 0.204. The van der Waals surface area contributed by atoms with Crippen molar-refractivity contribution in [3.8, 4) is 16.9 Å². The number of benzene rings is 2. The number of rotatable bonds is 5. The number of aromatic nitrogens is 1. The molecule has 1 aromatic heterocycles. The van der Waals surface area contributed by atoms with Crippen molar-refractivity contribution in [2.45, 2.75) is 6.54 Å². The van der Waals surface area contributed by atoms with Gasteiger partial charge in [0.05, 0.1) is 18.8 Å². The Bertz CT molecular complexity index is 948. The lowest BCUT2D eigenvalue weighted by molar-refractivity contribution is 0.415. The molecule has 0 radical (unpaired) electrons. The van der Waals surface area contributed by atoms with Gasteiger partial charge in [0.15, 0.2) is 0 Å². The standard InChI is InChI=1S/C17H15FN2O3S/c1-23-13-6-7-14-16(8-13)19-10-15(18)17(14)12-4-2-11(3-5-12)9-20-24(21)22/h2-8,10,24H,9H2,1H3,(H,20,21,22). The molecule has 0 unspecified atom stereocenters. The van der Waals surface area contributed by atoms with Crippen molar-refractivity contribution in [2.24, 2.45) is 0 Å². The molecule has 24 heavy (non-hydrogen) atoms. The van der Waals surface area contributed by atoms with Gasteiger partial charge in [0.1, 0.15) is 11.6 Å². The molecule has 124 valence electrons. The second-order valence-electron chi connectivity index (χ2n) is 5.15. The van der Waals surface area contributed by atoms with Crippen molar-refractivity contribution in [1.29, 1.82) is 0 Å². The van der Waals surface area contributed by atoms with Crippen LogP contribution in [0.2, 0.25) is 0 Å². The number of nitrogens with zero attached hydrogens (tertiary/aromatic N) is 1. The molecule has 1 heterocycles. The second kappa shape index (κ2) is 6.94. The van der Waals surface area contributed by atoms with Crippen LogP contribution in [0.25, 0.3) is 22.0 Å². The van der Waals surface area contributed by atoms with E-state index in [2.05, 4.69) is 9.71 Å². The summed E-state index contributed by atoms with van der Waals surface area (Å²) in [6.45, 7) is 0.204. The lowest BCUT2D eigenvalue weighted by atomic mass is 9.99. The highest BCUT2D eigenvalue weighted by Crippen LogP contribution is 2.32. The fraction of sp³-hybridized carbons (Fsp3) is 0.118. The van der Waals surface area contributed by atoms with Gasteiger partial charge in [-0.05, 0) is 23.3 Å². The molecule has 7 heteroatoms. The van der Waals surface area contributed by atoms with Crippen molar-refractivity contribution in [2.75, 3.05) is 7.11 Å². The maximum Gasteiger partial charge on any atom is 0.201 e. The summed E-state index contributed by atoms with van der Waals surface area (Å²) in [7, 11) is -1.08. The van der Waals surface area contributed by atoms with Crippen molar-refractivity contribution in [3.63, 3.8) is 0 Å². The number of hydrogen-bond donors (Lipinski definition) is 2. The number of fused-ring (bicyclic) bond motifs is 1. The highest BCUT2D eigenvalue weighted by Gasteiger charge is 2.12. The molecule has 2 aromatic carbocycles. The molecule has 3 aromatic rings. The summed E-state index contributed by atoms with van der Waals surface area (Å²) in [5.41, 5.74) is 2.58. The molecule has 0 saturated heterocycles. The SMILES string of the molecule is COc1ccc2c(-c3ccc(CN[SH](=O)=O)cc3)c(F)cnc2c1. The minimum atomic E-state index is -2.64. The molecule has 0 saturated carbocycles. The highest BCUT2D eigenvalue weighted by atomic mass is 32.2. The van der Waals surface area contributed by atoms with Crippen LogP contribution in [0.3, 0.4) is 0 Å². The summed E-state index contributed by atoms with van der Waals surface area (Å²) in [5, 5.41) is 0.685. The average Bonchev–Trinajstić information content (AvgIpc) is 2.60. The van der Waals surface area contributed by atoms with Crippen molar-refractivity contribution in [1.82, 2.24) is 9.71 Å². The Hall–Kier alpha value is -2.51. The van der Waals surface area contributed by atoms with E-state index in [-0.39, 0.29) is 6.54 Å². The fourth-order valence-corrected chi connectivity index (χ4v) is 2.83. The van der Waals surface area contributed by atoms with E-state index in [0.29, 0.717) is 27.8 Å². The molecular weight excluding hydrogens is 331 g/mol. The topological polar surface area (TPSA) is 68.3 Å². The molecule has 0 bridgehead atoms. The maximum absolute atomic E-state index is 14.4. The summed E-state index contributed by atoms with van der Waals surface area (Å²) < 4.78 is 43.0. The first-order valence-corrected chi connectivity index (χ1v) is 8.35. The molecule has 0 aliphatic carbocycles. The number of ether oxygens (including phenoxy) is 1. The van der Waals surface area contributed by atoms with Crippen LogP contribution in [-0.4, -0.2) is 20.5 Å². The molecular formula is C17H15FN2O3S. The number of pyridine rings is 1. The van der Waals surface area contributed by atoms with E-state index in [1.165, 1.54) is 6.20 Å². The zero-order chi connectivity index (χ0) is 17.1. The van der Waals surface area contributed by atoms with Crippen molar-refractivity contribution >= 4 is 21.8 Å². The van der Waals surface area contributed by atoms with Gasteiger partial charge >= 0.3 is 0 Å². The molecule has 0 amide bonds. The van der Waals surface area contributed by atoms with Crippen LogP contribution in [0.5, 0.6) is 5.75 Å². The van der Waals surface area contributed by atoms with Crippen LogP contribution in [0.1, 0.15) is 5.56 Å². The monoisotopic (exact) mass is 346 g/mol. The Morgan fingerprint density at radius 1 is 1.17 bits per heavy atom. The number of nitrogens with one attached hydrogen (secondary N) is 1. The van der Waals surface area contributed by atoms with Crippen LogP contribution in [-0.2, 0) is 17.4 Å². The molecule has 3 rings (SSSR count). The number of hydrogen-bond acceptors (Lipinski definition) is 4. The van der Waals surface area contributed by atoms with Crippen molar-refractivity contribution < 1.29 is 17.5 Å². The van der Waals surface area contributed by atoms with Crippen molar-refractivity contribution in [3.05, 3.63) is 60.0 Å². The Balaban J connectivity index is 2.03. The zero-order valence-electron chi connectivity index (χ0n) is 12.8. The van der Waals surface area contributed by atoms with E-state index >= 15 is 0 Å². The maximum atomic E-state index is 14.4. The lowest BCUT2D eigenvalue weighted by Crippen LogP contribution is -2.09. The summed E-state index contributed by atoms with van der Waals surface area (Å²) in [5.74, 6) is 0.238. The predicted octanol–water partition coefficient (Wildman–Crippen LogP) is 2.67. The van der Waals surface area contributed by atoms with Gasteiger partial charge in [0, 0.05) is 23.6 Å². The third-order valence-corrected chi connectivity index (χ3v) is 4.10. The number of methoxy groups -OCH3 is 1. The van der Waals surface area contributed by atoms with E-state index in [1.807, 2.05) is 0 Å². The smallest absolute Gasteiger partial charge is 0.201 e. The Morgan fingerprint density at radius 2 is 1.92 bits per heavy atom. The van der Waals surface area contributed by atoms with E-state index in [0.717, 1.165) is 5.56 Å². The van der Waals surface area contributed by atoms with Gasteiger partial charge in [-0.1, -0.05) is 24.3 Å². The van der Waals surface area contributed by atoms with Gasteiger partial charge in [-0.15, -0.1) is 0 Å². The summed E-state index contributed by atoms with van der Waals surface area (Å²) in [6, 6.07) is 12.3. The molecule has 0 atom stereocenters. The number of halogens is 1. The fourth-order valence-electron chi connectivity index (χ4n) is 2.51. The Morgan fingerprint density at radius 3 is 2.58 bits per heavy atom. The van der Waals surface area contributed by atoms with Crippen LogP contribution in [0.15, 0.2) is 48.7 Å². The van der Waals surface area contributed by atoms with E-state index < -0.39 is 16.7 Å². The van der Waals surface area contributed by atoms with Gasteiger partial charge in [0.2, 0.25) is 10.9 Å². The average molecular weight is 346 g/mol. The van der Waals surface area contributed by atoms with E-state index in [9.17, 15) is 12.8 Å². The van der Waals surface area contributed by atoms with Gasteiger partial charge < -0.3 is 4.74 Å². The Kier molecular flexibility index (Phi) is 4.73. The molecule has 0 fully saturated rings. The molecule has 5 nitrogen and oxygen atoms in total.